The van der Waals surface area contributed by atoms with Gasteiger partial charge in [0.15, 0.2) is 0 Å². The van der Waals surface area contributed by atoms with E-state index >= 15 is 0 Å². The largest absolute Gasteiger partial charge is 0.871 e. The first kappa shape index (κ1) is 15.1. The summed E-state index contributed by atoms with van der Waals surface area (Å²) in [5.41, 5.74) is 3.09. The van der Waals surface area contributed by atoms with Crippen LogP contribution in [0.3, 0.4) is 0 Å². The van der Waals surface area contributed by atoms with Gasteiger partial charge in [-0.2, -0.15) is 0 Å². The molecule has 3 heteroatoms. The van der Waals surface area contributed by atoms with Crippen LogP contribution in [0.4, 0.5) is 0 Å². The summed E-state index contributed by atoms with van der Waals surface area (Å²) in [6, 6.07) is 24.3. The van der Waals surface area contributed by atoms with Gasteiger partial charge < -0.3 is 5.11 Å². The molecule has 4 rings (SSSR count). The molecule has 0 radical (unpaired) electrons. The van der Waals surface area contributed by atoms with E-state index in [2.05, 4.69) is 30.3 Å². The van der Waals surface area contributed by atoms with E-state index in [9.17, 15) is 5.11 Å². The highest BCUT2D eigenvalue weighted by molar-refractivity contribution is 7.54. The Bertz CT molecular complexity index is 936. The monoisotopic (exact) mass is 345 g/mol. The second-order valence-electron chi connectivity index (χ2n) is 5.44. The van der Waals surface area contributed by atoms with E-state index < -0.39 is 0 Å². The third kappa shape index (κ3) is 2.87. The van der Waals surface area contributed by atoms with Crippen LogP contribution in [-0.4, -0.2) is 5.29 Å². The maximum Gasteiger partial charge on any atom is 0.0197 e. The van der Waals surface area contributed by atoms with Crippen LogP contribution >= 0.6 is 19.5 Å². The smallest absolute Gasteiger partial charge is 0.0197 e. The molecule has 0 amide bonds. The molecule has 0 unspecified atom stereocenters. The summed E-state index contributed by atoms with van der Waals surface area (Å²) >= 11 is 1.50. The quantitative estimate of drug-likeness (QED) is 0.482. The van der Waals surface area contributed by atoms with Crippen molar-refractivity contribution in [2.75, 3.05) is 0 Å². The fourth-order valence-electron chi connectivity index (χ4n) is 2.70. The molecule has 0 fully saturated rings. The van der Waals surface area contributed by atoms with Gasteiger partial charge >= 0.3 is 0 Å². The molecule has 2 aromatic carbocycles. The van der Waals surface area contributed by atoms with Crippen molar-refractivity contribution < 1.29 is 5.11 Å². The lowest BCUT2D eigenvalue weighted by molar-refractivity contribution is -0.243. The van der Waals surface area contributed by atoms with E-state index in [-0.39, 0.29) is 5.76 Å². The van der Waals surface area contributed by atoms with Crippen molar-refractivity contribution in [3.8, 4) is 0 Å². The van der Waals surface area contributed by atoms with Gasteiger partial charge in [-0.3, -0.25) is 0 Å². The molecular formula is C21H14OPS-. The van der Waals surface area contributed by atoms with Crippen LogP contribution in [0.25, 0.3) is 11.1 Å². The molecule has 1 aromatic heterocycles. The van der Waals surface area contributed by atoms with E-state index in [0.717, 1.165) is 29.5 Å². The molecule has 0 saturated carbocycles. The fraction of sp³-hybridized carbons (Fsp3) is 0. The Morgan fingerprint density at radius 3 is 2.08 bits per heavy atom. The second kappa shape index (κ2) is 6.60. The molecule has 1 aliphatic heterocycles. The maximum absolute atomic E-state index is 13.0. The summed E-state index contributed by atoms with van der Waals surface area (Å²) in [7, 11) is 1.09. The second-order valence-corrected chi connectivity index (χ2v) is 7.54. The van der Waals surface area contributed by atoms with Gasteiger partial charge in [-0.1, -0.05) is 80.7 Å². The van der Waals surface area contributed by atoms with E-state index in [4.69, 9.17) is 0 Å². The fourth-order valence-corrected chi connectivity index (χ4v) is 4.66. The van der Waals surface area contributed by atoms with Gasteiger partial charge in [0, 0.05) is 15.5 Å². The Labute approximate surface area is 147 Å². The van der Waals surface area contributed by atoms with Crippen molar-refractivity contribution in [2.24, 2.45) is 0 Å². The predicted molar refractivity (Wildman–Crippen MR) is 103 cm³/mol. The van der Waals surface area contributed by atoms with Crippen LogP contribution < -0.4 is 5.11 Å². The normalized spacial score (nSPS) is 16.5. The molecule has 0 N–H and O–H groups in total. The minimum absolute atomic E-state index is 0.113. The van der Waals surface area contributed by atoms with Gasteiger partial charge in [0.05, 0.1) is 0 Å². The van der Waals surface area contributed by atoms with Gasteiger partial charge in [-0.25, -0.2) is 0 Å². The van der Waals surface area contributed by atoms with E-state index in [1.807, 2.05) is 53.9 Å². The molecular weight excluding hydrogens is 331 g/mol. The highest BCUT2D eigenvalue weighted by atomic mass is 32.1. The van der Waals surface area contributed by atoms with E-state index in [1.54, 1.807) is 0 Å². The molecule has 0 spiro atoms. The molecule has 1 aliphatic rings. The lowest BCUT2D eigenvalue weighted by atomic mass is 10.0. The first-order valence-corrected chi connectivity index (χ1v) is 9.47. The molecule has 0 saturated heterocycles. The standard InChI is InChI=1S/C21H15OPS/c22-20(19-12-7-13-24-19)17-14-18(15-8-3-1-4-9-15)23-21(17)16-10-5-2-6-11-16/h1-14,22H/p-1. The summed E-state index contributed by atoms with van der Waals surface area (Å²) in [5, 5.41) is 17.2. The molecule has 0 aliphatic carbocycles. The first-order valence-electron chi connectivity index (χ1n) is 7.70. The van der Waals surface area contributed by atoms with Crippen LogP contribution in [0.5, 0.6) is 0 Å². The predicted octanol–water partition coefficient (Wildman–Crippen LogP) is 5.04. The zero-order chi connectivity index (χ0) is 16.4. The topological polar surface area (TPSA) is 23.1 Å². The lowest BCUT2D eigenvalue weighted by Crippen LogP contribution is -2.09. The molecule has 0 atom stereocenters. The third-order valence-corrected chi connectivity index (χ3v) is 6.09. The molecule has 2 heterocycles. The minimum atomic E-state index is 0.113. The van der Waals surface area contributed by atoms with Gasteiger partial charge in [-0.05, 0) is 34.2 Å². The summed E-state index contributed by atoms with van der Waals surface area (Å²) in [4.78, 5) is 0.791. The molecule has 3 aromatic rings. The Balaban J connectivity index is 1.88. The molecule has 116 valence electrons. The number of benzene rings is 2. The molecule has 0 bridgehead atoms. The number of rotatable bonds is 3. The average molecular weight is 345 g/mol. The Morgan fingerprint density at radius 1 is 0.792 bits per heavy atom. The summed E-state index contributed by atoms with van der Waals surface area (Å²) in [6.45, 7) is 0. The van der Waals surface area contributed by atoms with Crippen LogP contribution in [0.2, 0.25) is 0 Å². The third-order valence-electron chi connectivity index (χ3n) is 3.87. The highest BCUT2D eigenvalue weighted by Crippen LogP contribution is 2.40. The molecule has 1 nitrogen and oxygen atoms in total. The SMILES string of the molecule is [O-]C(=C1C=C(c2ccccc2)P=C1c1ccccc1)c1cccs1. The number of allylic oxidation sites excluding steroid dienone is 2. The highest BCUT2D eigenvalue weighted by Gasteiger charge is 2.17. The zero-order valence-electron chi connectivity index (χ0n) is 12.8. The minimum Gasteiger partial charge on any atom is -0.871 e. The van der Waals surface area contributed by atoms with Crippen LogP contribution in [0.1, 0.15) is 16.0 Å². The van der Waals surface area contributed by atoms with Crippen LogP contribution in [0, 0.1) is 0 Å². The summed E-state index contributed by atoms with van der Waals surface area (Å²) < 4.78 is 0. The number of hydrogen-bond donors (Lipinski definition) is 0. The van der Waals surface area contributed by atoms with Gasteiger partial charge in [0.1, 0.15) is 0 Å². The average Bonchev–Trinajstić information content (AvgIpc) is 3.33. The van der Waals surface area contributed by atoms with Crippen LogP contribution in [0.15, 0.2) is 89.8 Å². The van der Waals surface area contributed by atoms with Crippen molar-refractivity contribution in [2.45, 2.75) is 0 Å². The summed E-state index contributed by atoms with van der Waals surface area (Å²) in [5.74, 6) is 0.113. The number of hydrogen-bond acceptors (Lipinski definition) is 2. The Kier molecular flexibility index (Phi) is 4.17. The summed E-state index contributed by atoms with van der Waals surface area (Å²) in [6.07, 6.45) is 2.06. The zero-order valence-corrected chi connectivity index (χ0v) is 14.6. The van der Waals surface area contributed by atoms with Crippen LogP contribution in [-0.2, 0) is 0 Å². The lowest BCUT2D eigenvalue weighted by Gasteiger charge is -2.16. The van der Waals surface area contributed by atoms with Crippen molar-refractivity contribution in [1.29, 1.82) is 0 Å². The van der Waals surface area contributed by atoms with Crippen molar-refractivity contribution >= 4 is 35.9 Å². The Morgan fingerprint density at radius 2 is 1.46 bits per heavy atom. The van der Waals surface area contributed by atoms with E-state index in [1.165, 1.54) is 22.2 Å². The van der Waals surface area contributed by atoms with Crippen molar-refractivity contribution in [3.63, 3.8) is 0 Å². The Hall–Kier alpha value is -2.41. The van der Waals surface area contributed by atoms with Gasteiger partial charge in [0.25, 0.3) is 0 Å². The first-order chi connectivity index (χ1) is 11.8. The maximum atomic E-state index is 13.0. The van der Waals surface area contributed by atoms with Gasteiger partial charge in [0.2, 0.25) is 0 Å². The van der Waals surface area contributed by atoms with Crippen molar-refractivity contribution in [3.05, 3.63) is 106 Å². The number of thiophene rings is 1. The molecule has 24 heavy (non-hydrogen) atoms. The van der Waals surface area contributed by atoms with Gasteiger partial charge in [-0.15, -0.1) is 11.3 Å². The van der Waals surface area contributed by atoms with E-state index in [0.29, 0.717) is 0 Å². The van der Waals surface area contributed by atoms with Crippen molar-refractivity contribution in [1.82, 2.24) is 0 Å².